The van der Waals surface area contributed by atoms with Gasteiger partial charge >= 0.3 is 0 Å². The highest BCUT2D eigenvalue weighted by Crippen LogP contribution is 2.30. The third-order valence-electron chi connectivity index (χ3n) is 5.04. The molecule has 0 bridgehead atoms. The van der Waals surface area contributed by atoms with Crippen LogP contribution < -0.4 is 4.74 Å². The number of methoxy groups -OCH3 is 1. The van der Waals surface area contributed by atoms with Gasteiger partial charge in [-0.25, -0.2) is 13.1 Å². The molecule has 2 aromatic heterocycles. The second kappa shape index (κ2) is 9.05. The molecule has 9 nitrogen and oxygen atoms in total. The number of ether oxygens (including phenoxy) is 1. The number of H-pyrrole nitrogens is 1. The van der Waals surface area contributed by atoms with Crippen molar-refractivity contribution in [1.82, 2.24) is 29.0 Å². The lowest BCUT2D eigenvalue weighted by Crippen LogP contribution is -2.48. The van der Waals surface area contributed by atoms with Gasteiger partial charge in [0.1, 0.15) is 10.6 Å². The van der Waals surface area contributed by atoms with Crippen LogP contribution in [0.1, 0.15) is 0 Å². The summed E-state index contributed by atoms with van der Waals surface area (Å²) >= 11 is 11.5. The molecule has 1 saturated heterocycles. The van der Waals surface area contributed by atoms with Crippen LogP contribution in [-0.2, 0) is 16.7 Å². The molecule has 0 spiro atoms. The lowest BCUT2D eigenvalue weighted by molar-refractivity contribution is 0.145. The molecule has 164 valence electrons. The van der Waals surface area contributed by atoms with Crippen LogP contribution in [0.25, 0.3) is 11.4 Å². The first-order valence-electron chi connectivity index (χ1n) is 9.52. The van der Waals surface area contributed by atoms with E-state index in [4.69, 9.17) is 28.6 Å². The number of aromatic nitrogens is 4. The largest absolute Gasteiger partial charge is 0.496 e. The van der Waals surface area contributed by atoms with E-state index >= 15 is 0 Å². The Labute approximate surface area is 190 Å². The summed E-state index contributed by atoms with van der Waals surface area (Å²) in [5.74, 6) is 1.19. The van der Waals surface area contributed by atoms with Crippen LogP contribution in [0.15, 0.2) is 47.6 Å². The number of hydrogen-bond acceptors (Lipinski definition) is 7. The molecular formula is C19H21ClN6O3S2. The number of hydrogen-bond donors (Lipinski definition) is 1. The van der Waals surface area contributed by atoms with Crippen molar-refractivity contribution < 1.29 is 13.2 Å². The van der Waals surface area contributed by atoms with Crippen molar-refractivity contribution in [1.29, 1.82) is 0 Å². The Morgan fingerprint density at radius 3 is 2.68 bits per heavy atom. The summed E-state index contributed by atoms with van der Waals surface area (Å²) in [6, 6.07) is 8.46. The monoisotopic (exact) mass is 480 g/mol. The lowest BCUT2D eigenvalue weighted by Gasteiger charge is -2.33. The topological polar surface area (TPSA) is 96.3 Å². The van der Waals surface area contributed by atoms with Gasteiger partial charge in [-0.1, -0.05) is 11.6 Å². The molecule has 1 N–H and O–H groups in total. The van der Waals surface area contributed by atoms with E-state index in [1.807, 2.05) is 0 Å². The zero-order valence-corrected chi connectivity index (χ0v) is 19.1. The van der Waals surface area contributed by atoms with E-state index in [0.717, 1.165) is 0 Å². The SMILES string of the molecule is COc1ccc(Cl)cc1-c1nc(=S)n(CN2CCN(S(=O)(=O)c3cccnc3)CC2)[nH]1. The van der Waals surface area contributed by atoms with E-state index in [2.05, 4.69) is 20.0 Å². The number of nitrogens with one attached hydrogen (secondary N) is 1. The molecule has 0 saturated carbocycles. The van der Waals surface area contributed by atoms with Crippen LogP contribution in [0, 0.1) is 4.77 Å². The molecule has 4 rings (SSSR count). The maximum atomic E-state index is 12.8. The van der Waals surface area contributed by atoms with E-state index in [1.54, 1.807) is 48.3 Å². The molecule has 0 aliphatic carbocycles. The summed E-state index contributed by atoms with van der Waals surface area (Å²) < 4.78 is 34.5. The van der Waals surface area contributed by atoms with Gasteiger partial charge in [0, 0.05) is 43.6 Å². The molecule has 12 heteroatoms. The first-order chi connectivity index (χ1) is 14.9. The first kappa shape index (κ1) is 21.9. The first-order valence-corrected chi connectivity index (χ1v) is 11.7. The molecule has 0 radical (unpaired) electrons. The third-order valence-corrected chi connectivity index (χ3v) is 7.47. The predicted octanol–water partition coefficient (Wildman–Crippen LogP) is 2.63. The highest BCUT2D eigenvalue weighted by molar-refractivity contribution is 7.89. The van der Waals surface area contributed by atoms with Crippen LogP contribution in [0.4, 0.5) is 0 Å². The van der Waals surface area contributed by atoms with Crippen LogP contribution in [0.5, 0.6) is 5.75 Å². The molecule has 1 aliphatic heterocycles. The minimum absolute atomic E-state index is 0.208. The van der Waals surface area contributed by atoms with Gasteiger partial charge in [-0.15, -0.1) is 0 Å². The Bertz CT molecular complexity index is 1220. The van der Waals surface area contributed by atoms with Crippen LogP contribution in [0.3, 0.4) is 0 Å². The number of pyridine rings is 1. The molecule has 0 unspecified atom stereocenters. The van der Waals surface area contributed by atoms with Gasteiger partial charge in [-0.3, -0.25) is 15.0 Å². The summed E-state index contributed by atoms with van der Waals surface area (Å²) in [5, 5.41) is 3.76. The number of rotatable bonds is 6. The summed E-state index contributed by atoms with van der Waals surface area (Å²) in [5.41, 5.74) is 0.715. The van der Waals surface area contributed by atoms with Gasteiger partial charge in [0.05, 0.1) is 19.3 Å². The van der Waals surface area contributed by atoms with Crippen molar-refractivity contribution in [2.75, 3.05) is 33.3 Å². The molecule has 0 atom stereocenters. The fraction of sp³-hybridized carbons (Fsp3) is 0.316. The molecule has 31 heavy (non-hydrogen) atoms. The van der Waals surface area contributed by atoms with Gasteiger partial charge in [0.2, 0.25) is 14.8 Å². The minimum atomic E-state index is -3.54. The Morgan fingerprint density at radius 2 is 2.00 bits per heavy atom. The number of aromatic amines is 1. The van der Waals surface area contributed by atoms with Gasteiger partial charge in [0.15, 0.2) is 5.82 Å². The third kappa shape index (κ3) is 4.65. The molecule has 1 fully saturated rings. The highest BCUT2D eigenvalue weighted by atomic mass is 35.5. The molecular weight excluding hydrogens is 460 g/mol. The Kier molecular flexibility index (Phi) is 6.39. The summed E-state index contributed by atoms with van der Waals surface area (Å²) in [7, 11) is -1.96. The number of nitrogens with zero attached hydrogens (tertiary/aromatic N) is 5. The normalized spacial score (nSPS) is 15.8. The smallest absolute Gasteiger partial charge is 0.244 e. The van der Waals surface area contributed by atoms with Crippen molar-refractivity contribution in [3.8, 4) is 17.1 Å². The maximum Gasteiger partial charge on any atom is 0.244 e. The molecule has 1 aromatic carbocycles. The van der Waals surface area contributed by atoms with E-state index in [1.165, 1.54) is 10.5 Å². The lowest BCUT2D eigenvalue weighted by atomic mass is 10.2. The number of halogens is 1. The van der Waals surface area contributed by atoms with Gasteiger partial charge in [0.25, 0.3) is 0 Å². The van der Waals surface area contributed by atoms with E-state index in [-0.39, 0.29) is 4.90 Å². The highest BCUT2D eigenvalue weighted by Gasteiger charge is 2.28. The fourth-order valence-electron chi connectivity index (χ4n) is 3.40. The van der Waals surface area contributed by atoms with Crippen LogP contribution >= 0.6 is 23.8 Å². The fourth-order valence-corrected chi connectivity index (χ4v) is 5.15. The van der Waals surface area contributed by atoms with Crippen molar-refractivity contribution in [2.24, 2.45) is 0 Å². The Hall–Kier alpha value is -2.31. The number of sulfonamides is 1. The summed E-state index contributed by atoms with van der Waals surface area (Å²) in [4.78, 5) is 10.7. The second-order valence-electron chi connectivity index (χ2n) is 6.98. The standard InChI is InChI=1S/C19H21ClN6O3S2/c1-29-17-5-4-14(20)11-16(17)18-22-19(30)26(23-18)13-24-7-9-25(10-8-24)31(27,28)15-3-2-6-21-12-15/h2-6,11-12H,7-10,13H2,1H3,(H,22,23,30). The van der Waals surface area contributed by atoms with E-state index in [0.29, 0.717) is 59.8 Å². The Morgan fingerprint density at radius 1 is 1.23 bits per heavy atom. The molecule has 0 amide bonds. The Balaban J connectivity index is 1.45. The van der Waals surface area contributed by atoms with Crippen molar-refractivity contribution in [2.45, 2.75) is 11.6 Å². The van der Waals surface area contributed by atoms with E-state index in [9.17, 15) is 8.42 Å². The maximum absolute atomic E-state index is 12.8. The van der Waals surface area contributed by atoms with E-state index < -0.39 is 10.0 Å². The quantitative estimate of drug-likeness (QED) is 0.542. The molecule has 3 aromatic rings. The van der Waals surface area contributed by atoms with Crippen molar-refractivity contribution in [3.63, 3.8) is 0 Å². The minimum Gasteiger partial charge on any atom is -0.496 e. The molecule has 3 heterocycles. The zero-order chi connectivity index (χ0) is 22.0. The zero-order valence-electron chi connectivity index (χ0n) is 16.7. The number of benzene rings is 1. The van der Waals surface area contributed by atoms with Gasteiger partial charge in [-0.2, -0.15) is 9.29 Å². The second-order valence-corrected chi connectivity index (χ2v) is 9.72. The van der Waals surface area contributed by atoms with Crippen molar-refractivity contribution in [3.05, 3.63) is 52.5 Å². The predicted molar refractivity (Wildman–Crippen MR) is 119 cm³/mol. The summed E-state index contributed by atoms with van der Waals surface area (Å²) in [6.45, 7) is 2.36. The van der Waals surface area contributed by atoms with Gasteiger partial charge in [-0.05, 0) is 42.5 Å². The average molecular weight is 481 g/mol. The van der Waals surface area contributed by atoms with Gasteiger partial charge < -0.3 is 4.74 Å². The summed E-state index contributed by atoms with van der Waals surface area (Å²) in [6.07, 6.45) is 2.93. The number of piperazine rings is 1. The van der Waals surface area contributed by atoms with Crippen LogP contribution in [0.2, 0.25) is 5.02 Å². The van der Waals surface area contributed by atoms with Crippen molar-refractivity contribution >= 4 is 33.8 Å². The average Bonchev–Trinajstić information content (AvgIpc) is 3.14. The van der Waals surface area contributed by atoms with Crippen LogP contribution in [-0.4, -0.2) is 70.7 Å². The molecule has 1 aliphatic rings.